The van der Waals surface area contributed by atoms with Gasteiger partial charge in [-0.1, -0.05) is 0 Å². The zero-order valence-corrected chi connectivity index (χ0v) is 10.1. The number of nitriles is 1. The van der Waals surface area contributed by atoms with Crippen LogP contribution in [0.2, 0.25) is 0 Å². The topological polar surface area (TPSA) is 80.8 Å². The van der Waals surface area contributed by atoms with Gasteiger partial charge in [0.2, 0.25) is 0 Å². The van der Waals surface area contributed by atoms with E-state index in [1.807, 2.05) is 20.8 Å². The average molecular weight is 230 g/mol. The summed E-state index contributed by atoms with van der Waals surface area (Å²) in [5, 5.41) is 13.5. The Morgan fingerprint density at radius 3 is 2.65 bits per heavy atom. The van der Waals surface area contributed by atoms with E-state index in [0.29, 0.717) is 22.8 Å². The molecule has 0 unspecified atom stereocenters. The van der Waals surface area contributed by atoms with Gasteiger partial charge in [-0.05, 0) is 32.9 Å². The van der Waals surface area contributed by atoms with Crippen LogP contribution in [0.15, 0.2) is 22.8 Å². The summed E-state index contributed by atoms with van der Waals surface area (Å²) in [7, 11) is 0. The first-order chi connectivity index (χ1) is 7.95. The van der Waals surface area contributed by atoms with Gasteiger partial charge in [0, 0.05) is 0 Å². The van der Waals surface area contributed by atoms with E-state index in [4.69, 9.17) is 15.4 Å². The maximum Gasteiger partial charge on any atom is 0.155 e. The lowest BCUT2D eigenvalue weighted by atomic mass is 10.1. The van der Waals surface area contributed by atoms with E-state index < -0.39 is 0 Å². The Labute approximate surface area is 99.4 Å². The SMILES string of the molecule is CC(C)(C)n1nc(-c2ccco2)c(C#N)c1N. The molecule has 0 amide bonds. The van der Waals surface area contributed by atoms with E-state index in [0.717, 1.165) is 0 Å². The number of hydrogen-bond donors (Lipinski definition) is 1. The summed E-state index contributed by atoms with van der Waals surface area (Å²) in [6, 6.07) is 5.59. The van der Waals surface area contributed by atoms with Gasteiger partial charge in [0.1, 0.15) is 23.1 Å². The molecule has 0 spiro atoms. The number of anilines is 1. The van der Waals surface area contributed by atoms with Gasteiger partial charge < -0.3 is 10.2 Å². The molecular weight excluding hydrogens is 216 g/mol. The summed E-state index contributed by atoms with van der Waals surface area (Å²) in [4.78, 5) is 0. The van der Waals surface area contributed by atoms with Gasteiger partial charge >= 0.3 is 0 Å². The zero-order valence-electron chi connectivity index (χ0n) is 10.1. The number of furan rings is 1. The minimum absolute atomic E-state index is 0.277. The fourth-order valence-corrected chi connectivity index (χ4v) is 1.64. The monoisotopic (exact) mass is 230 g/mol. The Morgan fingerprint density at radius 1 is 1.47 bits per heavy atom. The molecule has 2 heterocycles. The number of nitrogens with zero attached hydrogens (tertiary/aromatic N) is 3. The van der Waals surface area contributed by atoms with E-state index in [1.165, 1.54) is 0 Å². The van der Waals surface area contributed by atoms with Crippen molar-refractivity contribution in [2.24, 2.45) is 0 Å². The highest BCUT2D eigenvalue weighted by Gasteiger charge is 2.25. The van der Waals surface area contributed by atoms with Crippen molar-refractivity contribution in [2.45, 2.75) is 26.3 Å². The number of rotatable bonds is 1. The fourth-order valence-electron chi connectivity index (χ4n) is 1.64. The minimum Gasteiger partial charge on any atom is -0.463 e. The highest BCUT2D eigenvalue weighted by Crippen LogP contribution is 2.30. The predicted molar refractivity (Wildman–Crippen MR) is 64.1 cm³/mol. The highest BCUT2D eigenvalue weighted by atomic mass is 16.3. The Bertz CT molecular complexity index is 567. The second kappa shape index (κ2) is 3.67. The first-order valence-electron chi connectivity index (χ1n) is 5.28. The van der Waals surface area contributed by atoms with Crippen molar-refractivity contribution >= 4 is 5.82 Å². The number of nitrogens with two attached hydrogens (primary N) is 1. The molecule has 0 fully saturated rings. The van der Waals surface area contributed by atoms with Crippen LogP contribution in [0.1, 0.15) is 26.3 Å². The van der Waals surface area contributed by atoms with Crippen LogP contribution in [0.4, 0.5) is 5.82 Å². The number of aromatic nitrogens is 2. The Hall–Kier alpha value is -2.22. The molecule has 2 rings (SSSR count). The fraction of sp³-hybridized carbons (Fsp3) is 0.333. The van der Waals surface area contributed by atoms with Gasteiger partial charge in [-0.3, -0.25) is 0 Å². The lowest BCUT2D eigenvalue weighted by molar-refractivity contribution is 0.362. The smallest absolute Gasteiger partial charge is 0.155 e. The van der Waals surface area contributed by atoms with Crippen LogP contribution >= 0.6 is 0 Å². The Morgan fingerprint density at radius 2 is 2.18 bits per heavy atom. The summed E-state index contributed by atoms with van der Waals surface area (Å²) in [5.74, 6) is 0.919. The van der Waals surface area contributed by atoms with Gasteiger partial charge in [-0.15, -0.1) is 0 Å². The van der Waals surface area contributed by atoms with E-state index >= 15 is 0 Å². The maximum atomic E-state index is 9.15. The van der Waals surface area contributed by atoms with Crippen LogP contribution in [-0.2, 0) is 5.54 Å². The second-order valence-corrected chi connectivity index (χ2v) is 4.78. The van der Waals surface area contributed by atoms with Crippen molar-refractivity contribution in [1.82, 2.24) is 9.78 Å². The van der Waals surface area contributed by atoms with Crippen LogP contribution in [-0.4, -0.2) is 9.78 Å². The molecule has 0 aliphatic rings. The molecular formula is C12H14N4O. The van der Waals surface area contributed by atoms with Crippen LogP contribution in [0.25, 0.3) is 11.5 Å². The van der Waals surface area contributed by atoms with E-state index in [-0.39, 0.29) is 5.54 Å². The highest BCUT2D eigenvalue weighted by molar-refractivity contribution is 5.69. The molecule has 0 atom stereocenters. The molecule has 0 aromatic carbocycles. The van der Waals surface area contributed by atoms with Crippen molar-refractivity contribution in [3.05, 3.63) is 24.0 Å². The van der Waals surface area contributed by atoms with Crippen LogP contribution in [0.5, 0.6) is 0 Å². The molecule has 5 heteroatoms. The molecule has 0 saturated carbocycles. The van der Waals surface area contributed by atoms with Gasteiger partial charge in [0.05, 0.1) is 11.8 Å². The zero-order chi connectivity index (χ0) is 12.6. The molecule has 0 aliphatic heterocycles. The molecule has 88 valence electrons. The molecule has 2 aromatic heterocycles. The number of nitrogen functional groups attached to an aromatic ring is 1. The van der Waals surface area contributed by atoms with Crippen molar-refractivity contribution in [1.29, 1.82) is 5.26 Å². The molecule has 5 nitrogen and oxygen atoms in total. The Balaban J connectivity index is 2.67. The lowest BCUT2D eigenvalue weighted by Gasteiger charge is -2.20. The van der Waals surface area contributed by atoms with Crippen molar-refractivity contribution in [2.75, 3.05) is 5.73 Å². The van der Waals surface area contributed by atoms with Crippen LogP contribution < -0.4 is 5.73 Å². The molecule has 2 N–H and O–H groups in total. The van der Waals surface area contributed by atoms with Gasteiger partial charge in [0.15, 0.2) is 5.76 Å². The van der Waals surface area contributed by atoms with E-state index in [9.17, 15) is 0 Å². The van der Waals surface area contributed by atoms with E-state index in [1.54, 1.807) is 23.1 Å². The second-order valence-electron chi connectivity index (χ2n) is 4.78. The third-order valence-electron chi connectivity index (χ3n) is 2.42. The largest absolute Gasteiger partial charge is 0.463 e. The molecule has 0 aliphatic carbocycles. The van der Waals surface area contributed by atoms with Crippen LogP contribution in [0.3, 0.4) is 0 Å². The normalized spacial score (nSPS) is 11.4. The summed E-state index contributed by atoms with van der Waals surface area (Å²) in [6.45, 7) is 5.93. The van der Waals surface area contributed by atoms with Gasteiger partial charge in [-0.25, -0.2) is 4.68 Å². The summed E-state index contributed by atoms with van der Waals surface area (Å²) >= 11 is 0. The van der Waals surface area contributed by atoms with Crippen molar-refractivity contribution in [3.63, 3.8) is 0 Å². The quantitative estimate of drug-likeness (QED) is 0.815. The van der Waals surface area contributed by atoms with Crippen molar-refractivity contribution in [3.8, 4) is 17.5 Å². The first kappa shape index (κ1) is 11.3. The minimum atomic E-state index is -0.277. The van der Waals surface area contributed by atoms with E-state index in [2.05, 4.69) is 11.2 Å². The van der Waals surface area contributed by atoms with Gasteiger partial charge in [0.25, 0.3) is 0 Å². The average Bonchev–Trinajstić information content (AvgIpc) is 2.82. The molecule has 2 aromatic rings. The predicted octanol–water partition coefficient (Wildman–Crippen LogP) is 2.35. The third-order valence-corrected chi connectivity index (χ3v) is 2.42. The maximum absolute atomic E-state index is 9.15. The summed E-state index contributed by atoms with van der Waals surface area (Å²) < 4.78 is 6.90. The van der Waals surface area contributed by atoms with Crippen LogP contribution in [0, 0.1) is 11.3 Å². The first-order valence-corrected chi connectivity index (χ1v) is 5.28. The number of hydrogen-bond acceptors (Lipinski definition) is 4. The molecule has 17 heavy (non-hydrogen) atoms. The Kier molecular flexibility index (Phi) is 2.43. The molecule has 0 saturated heterocycles. The lowest BCUT2D eigenvalue weighted by Crippen LogP contribution is -2.24. The third kappa shape index (κ3) is 1.78. The summed E-state index contributed by atoms with van der Waals surface area (Å²) in [5.41, 5.74) is 6.51. The molecule has 0 radical (unpaired) electrons. The molecule has 0 bridgehead atoms. The van der Waals surface area contributed by atoms with Crippen molar-refractivity contribution < 1.29 is 4.42 Å². The van der Waals surface area contributed by atoms with Gasteiger partial charge in [-0.2, -0.15) is 10.4 Å². The standard InChI is InChI=1S/C12H14N4O/c1-12(2,3)16-11(14)8(7-13)10(15-16)9-5-4-6-17-9/h4-6H,14H2,1-3H3. The summed E-state index contributed by atoms with van der Waals surface area (Å²) in [6.07, 6.45) is 1.54.